The van der Waals surface area contributed by atoms with E-state index < -0.39 is 0 Å². The van der Waals surface area contributed by atoms with Crippen molar-refractivity contribution in [1.82, 2.24) is 15.1 Å². The third-order valence-corrected chi connectivity index (χ3v) is 5.14. The molecular weight excluding hydrogens is 286 g/mol. The SMILES string of the molecule is O=C(NCCCN1CCN(Cc2ccccc2)CC1)C1CCC1. The molecule has 0 aromatic heterocycles. The van der Waals surface area contributed by atoms with Gasteiger partial charge in [-0.2, -0.15) is 0 Å². The van der Waals surface area contributed by atoms with E-state index in [9.17, 15) is 4.79 Å². The number of carbonyl (C=O) groups is 1. The van der Waals surface area contributed by atoms with Gasteiger partial charge in [0.15, 0.2) is 0 Å². The maximum absolute atomic E-state index is 11.8. The van der Waals surface area contributed by atoms with Gasteiger partial charge in [-0.25, -0.2) is 0 Å². The van der Waals surface area contributed by atoms with E-state index in [0.717, 1.165) is 65.1 Å². The smallest absolute Gasteiger partial charge is 0.223 e. The highest BCUT2D eigenvalue weighted by Gasteiger charge is 2.24. The van der Waals surface area contributed by atoms with Crippen LogP contribution in [0.1, 0.15) is 31.2 Å². The monoisotopic (exact) mass is 315 g/mol. The standard InChI is InChI=1S/C19H29N3O/c23-19(18-8-4-9-18)20-10-5-11-21-12-14-22(15-13-21)16-17-6-2-1-3-7-17/h1-3,6-7,18H,4-5,8-16H2,(H,20,23). The van der Waals surface area contributed by atoms with Crippen LogP contribution in [0.2, 0.25) is 0 Å². The maximum Gasteiger partial charge on any atom is 0.223 e. The van der Waals surface area contributed by atoms with Gasteiger partial charge in [0.05, 0.1) is 0 Å². The third-order valence-electron chi connectivity index (χ3n) is 5.14. The fourth-order valence-electron chi connectivity index (χ4n) is 3.34. The Labute approximate surface area is 139 Å². The number of nitrogens with one attached hydrogen (secondary N) is 1. The first-order valence-corrected chi connectivity index (χ1v) is 9.07. The second-order valence-corrected chi connectivity index (χ2v) is 6.88. The van der Waals surface area contributed by atoms with Crippen molar-refractivity contribution in [1.29, 1.82) is 0 Å². The number of rotatable bonds is 7. The van der Waals surface area contributed by atoms with E-state index in [1.807, 2.05) is 0 Å². The number of nitrogens with zero attached hydrogens (tertiary/aromatic N) is 2. The van der Waals surface area contributed by atoms with Crippen molar-refractivity contribution in [3.05, 3.63) is 35.9 Å². The van der Waals surface area contributed by atoms with E-state index in [1.54, 1.807) is 0 Å². The van der Waals surface area contributed by atoms with Crippen molar-refractivity contribution < 1.29 is 4.79 Å². The Balaban J connectivity index is 1.26. The first-order valence-electron chi connectivity index (χ1n) is 9.07. The van der Waals surface area contributed by atoms with Crippen LogP contribution in [0, 0.1) is 5.92 Å². The predicted octanol–water partition coefficient (Wildman–Crippen LogP) is 2.11. The minimum absolute atomic E-state index is 0.281. The molecule has 4 nitrogen and oxygen atoms in total. The van der Waals surface area contributed by atoms with E-state index in [0.29, 0.717) is 5.92 Å². The highest BCUT2D eigenvalue weighted by molar-refractivity contribution is 5.79. The van der Waals surface area contributed by atoms with Crippen molar-refractivity contribution in [2.75, 3.05) is 39.3 Å². The van der Waals surface area contributed by atoms with E-state index in [4.69, 9.17) is 0 Å². The Morgan fingerprint density at radius 2 is 1.74 bits per heavy atom. The number of benzene rings is 1. The summed E-state index contributed by atoms with van der Waals surface area (Å²) in [5.74, 6) is 0.598. The zero-order chi connectivity index (χ0) is 15.9. The third kappa shape index (κ3) is 5.05. The van der Waals surface area contributed by atoms with E-state index in [1.165, 1.54) is 12.0 Å². The average molecular weight is 315 g/mol. The van der Waals surface area contributed by atoms with Crippen LogP contribution in [0.3, 0.4) is 0 Å². The van der Waals surface area contributed by atoms with Gasteiger partial charge in [-0.15, -0.1) is 0 Å². The second-order valence-electron chi connectivity index (χ2n) is 6.88. The summed E-state index contributed by atoms with van der Waals surface area (Å²) in [7, 11) is 0. The lowest BCUT2D eigenvalue weighted by molar-refractivity contribution is -0.127. The van der Waals surface area contributed by atoms with Crippen LogP contribution >= 0.6 is 0 Å². The van der Waals surface area contributed by atoms with Gasteiger partial charge in [-0.1, -0.05) is 36.8 Å². The minimum atomic E-state index is 0.281. The van der Waals surface area contributed by atoms with Crippen molar-refractivity contribution in [2.24, 2.45) is 5.92 Å². The molecule has 1 saturated heterocycles. The summed E-state index contributed by atoms with van der Waals surface area (Å²) in [6.07, 6.45) is 4.48. The molecule has 4 heteroatoms. The first-order chi connectivity index (χ1) is 11.3. The van der Waals surface area contributed by atoms with Crippen LogP contribution in [0.25, 0.3) is 0 Å². The van der Waals surface area contributed by atoms with Gasteiger partial charge < -0.3 is 10.2 Å². The largest absolute Gasteiger partial charge is 0.356 e. The van der Waals surface area contributed by atoms with Crippen molar-refractivity contribution in [2.45, 2.75) is 32.2 Å². The summed E-state index contributed by atoms with van der Waals surface area (Å²) < 4.78 is 0. The molecule has 1 aliphatic carbocycles. The van der Waals surface area contributed by atoms with Gasteiger partial charge in [-0.05, 0) is 31.4 Å². The summed E-state index contributed by atoms with van der Waals surface area (Å²) in [5.41, 5.74) is 1.40. The molecule has 23 heavy (non-hydrogen) atoms. The van der Waals surface area contributed by atoms with Gasteiger partial charge in [0.25, 0.3) is 0 Å². The van der Waals surface area contributed by atoms with Gasteiger partial charge in [0.1, 0.15) is 0 Å². The Hall–Kier alpha value is -1.39. The molecule has 1 aromatic carbocycles. The summed E-state index contributed by atoms with van der Waals surface area (Å²) >= 11 is 0. The summed E-state index contributed by atoms with van der Waals surface area (Å²) in [5, 5.41) is 3.09. The number of carbonyl (C=O) groups excluding carboxylic acids is 1. The molecule has 0 spiro atoms. The molecule has 0 bridgehead atoms. The number of hydrogen-bond acceptors (Lipinski definition) is 3. The van der Waals surface area contributed by atoms with Crippen molar-refractivity contribution >= 4 is 5.91 Å². The van der Waals surface area contributed by atoms with E-state index in [2.05, 4.69) is 45.4 Å². The number of amides is 1. The highest BCUT2D eigenvalue weighted by Crippen LogP contribution is 2.26. The Morgan fingerprint density at radius 3 is 2.39 bits per heavy atom. The van der Waals surface area contributed by atoms with Crippen LogP contribution in [0.4, 0.5) is 0 Å². The second kappa shape index (κ2) is 8.46. The molecule has 0 radical (unpaired) electrons. The van der Waals surface area contributed by atoms with Crippen LogP contribution < -0.4 is 5.32 Å². The van der Waals surface area contributed by atoms with Crippen molar-refractivity contribution in [3.8, 4) is 0 Å². The number of piperazine rings is 1. The molecule has 3 rings (SSSR count). The lowest BCUT2D eigenvalue weighted by Crippen LogP contribution is -2.46. The topological polar surface area (TPSA) is 35.6 Å². The Kier molecular flexibility index (Phi) is 6.06. The number of hydrogen-bond donors (Lipinski definition) is 1. The maximum atomic E-state index is 11.8. The van der Waals surface area contributed by atoms with Gasteiger partial charge in [-0.3, -0.25) is 9.69 Å². The predicted molar refractivity (Wildman–Crippen MR) is 93.1 cm³/mol. The van der Waals surface area contributed by atoms with Gasteiger partial charge >= 0.3 is 0 Å². The molecule has 1 saturated carbocycles. The molecule has 1 amide bonds. The molecule has 126 valence electrons. The molecule has 1 aliphatic heterocycles. The normalized spacial score (nSPS) is 20.2. The zero-order valence-corrected chi connectivity index (χ0v) is 14.0. The van der Waals surface area contributed by atoms with E-state index >= 15 is 0 Å². The summed E-state index contributed by atoms with van der Waals surface area (Å²) in [6.45, 7) is 7.56. The van der Waals surface area contributed by atoms with E-state index in [-0.39, 0.29) is 5.91 Å². The lowest BCUT2D eigenvalue weighted by atomic mass is 9.85. The highest BCUT2D eigenvalue weighted by atomic mass is 16.1. The molecule has 0 unspecified atom stereocenters. The summed E-state index contributed by atoms with van der Waals surface area (Å²) in [6, 6.07) is 10.7. The molecule has 2 aliphatic rings. The molecule has 1 N–H and O–H groups in total. The van der Waals surface area contributed by atoms with Gasteiger partial charge in [0, 0.05) is 45.2 Å². The molecular formula is C19H29N3O. The van der Waals surface area contributed by atoms with Gasteiger partial charge in [0.2, 0.25) is 5.91 Å². The first kappa shape index (κ1) is 16.5. The van der Waals surface area contributed by atoms with Crippen LogP contribution in [-0.2, 0) is 11.3 Å². The average Bonchev–Trinajstić information content (AvgIpc) is 2.52. The van der Waals surface area contributed by atoms with Crippen LogP contribution in [-0.4, -0.2) is 55.0 Å². The lowest BCUT2D eigenvalue weighted by Gasteiger charge is -2.34. The quantitative estimate of drug-likeness (QED) is 0.783. The molecule has 1 aromatic rings. The van der Waals surface area contributed by atoms with Crippen molar-refractivity contribution in [3.63, 3.8) is 0 Å². The van der Waals surface area contributed by atoms with Crippen LogP contribution in [0.15, 0.2) is 30.3 Å². The molecule has 1 heterocycles. The molecule has 2 fully saturated rings. The fraction of sp³-hybridized carbons (Fsp3) is 0.632. The molecule has 0 atom stereocenters. The summed E-state index contributed by atoms with van der Waals surface area (Å²) in [4.78, 5) is 16.8. The zero-order valence-electron chi connectivity index (χ0n) is 14.0. The fourth-order valence-corrected chi connectivity index (χ4v) is 3.34. The Morgan fingerprint density at radius 1 is 1.04 bits per heavy atom. The van der Waals surface area contributed by atoms with Crippen LogP contribution in [0.5, 0.6) is 0 Å². The minimum Gasteiger partial charge on any atom is -0.356 e. The Bertz CT molecular complexity index is 479.